The summed E-state index contributed by atoms with van der Waals surface area (Å²) in [6.45, 7) is 4.51. The van der Waals surface area contributed by atoms with E-state index in [2.05, 4.69) is 38.6 Å². The number of benzene rings is 2. The molecule has 35 heavy (non-hydrogen) atoms. The Balaban J connectivity index is 1.46. The standard InChI is InChI=1S/C28H26N6O/c1-19(22-10-8-21(14-29)9-11-22)15-33-27(23-6-4-3-5-7-23)28(35)34-26-13-12-24(16-32-26)25-17-30-20(2)31-18-25/h3-13,16-19,27,33H,15H2,1-2H3,(H,32,34,35)/t19-,27?/m0/s1. The molecule has 2 atom stereocenters. The van der Waals surface area contributed by atoms with Gasteiger partial charge in [0.1, 0.15) is 17.7 Å². The molecule has 2 aromatic carbocycles. The van der Waals surface area contributed by atoms with E-state index in [0.29, 0.717) is 23.8 Å². The lowest BCUT2D eigenvalue weighted by Crippen LogP contribution is -2.35. The third-order valence-electron chi connectivity index (χ3n) is 5.76. The van der Waals surface area contributed by atoms with Gasteiger partial charge in [-0.3, -0.25) is 4.79 Å². The van der Waals surface area contributed by atoms with Crippen molar-refractivity contribution in [3.63, 3.8) is 0 Å². The SMILES string of the molecule is Cc1ncc(-c2ccc(NC(=O)C(NC[C@H](C)c3ccc(C#N)cc3)c3ccccc3)nc2)cn1. The number of carbonyl (C=O) groups excluding carboxylic acids is 1. The topological polar surface area (TPSA) is 104 Å². The maximum absolute atomic E-state index is 13.3. The molecule has 7 nitrogen and oxygen atoms in total. The molecule has 2 heterocycles. The van der Waals surface area contributed by atoms with Gasteiger partial charge >= 0.3 is 0 Å². The molecule has 0 bridgehead atoms. The van der Waals surface area contributed by atoms with Crippen LogP contribution in [0.25, 0.3) is 11.1 Å². The summed E-state index contributed by atoms with van der Waals surface area (Å²) >= 11 is 0. The lowest BCUT2D eigenvalue weighted by Gasteiger charge is -2.21. The van der Waals surface area contributed by atoms with Gasteiger partial charge in [-0.2, -0.15) is 5.26 Å². The molecule has 2 aromatic heterocycles. The first kappa shape index (κ1) is 23.7. The highest BCUT2D eigenvalue weighted by molar-refractivity contribution is 5.95. The average molecular weight is 463 g/mol. The molecule has 1 unspecified atom stereocenters. The average Bonchev–Trinajstić information content (AvgIpc) is 2.90. The van der Waals surface area contributed by atoms with Crippen molar-refractivity contribution < 1.29 is 4.79 Å². The van der Waals surface area contributed by atoms with E-state index < -0.39 is 6.04 Å². The van der Waals surface area contributed by atoms with Crippen molar-refractivity contribution in [1.82, 2.24) is 20.3 Å². The number of aromatic nitrogens is 3. The number of carbonyl (C=O) groups is 1. The molecule has 2 N–H and O–H groups in total. The van der Waals surface area contributed by atoms with Crippen molar-refractivity contribution in [2.24, 2.45) is 0 Å². The summed E-state index contributed by atoms with van der Waals surface area (Å²) in [5.41, 5.74) is 4.33. The minimum atomic E-state index is -0.552. The Morgan fingerprint density at radius 3 is 2.20 bits per heavy atom. The normalized spacial score (nSPS) is 12.4. The highest BCUT2D eigenvalue weighted by Crippen LogP contribution is 2.21. The molecular formula is C28H26N6O. The monoisotopic (exact) mass is 462 g/mol. The van der Waals surface area contributed by atoms with Crippen molar-refractivity contribution in [1.29, 1.82) is 5.26 Å². The molecule has 0 aliphatic rings. The lowest BCUT2D eigenvalue weighted by molar-refractivity contribution is -0.118. The number of nitrogens with zero attached hydrogens (tertiary/aromatic N) is 4. The second-order valence-corrected chi connectivity index (χ2v) is 8.33. The van der Waals surface area contributed by atoms with E-state index in [4.69, 9.17) is 5.26 Å². The summed E-state index contributed by atoms with van der Waals surface area (Å²) in [5, 5.41) is 15.3. The number of amides is 1. The first-order valence-corrected chi connectivity index (χ1v) is 11.4. The fraction of sp³-hybridized carbons (Fsp3) is 0.179. The van der Waals surface area contributed by atoms with Crippen molar-refractivity contribution in [3.05, 3.63) is 108 Å². The van der Waals surface area contributed by atoms with Crippen LogP contribution < -0.4 is 10.6 Å². The lowest BCUT2D eigenvalue weighted by atomic mass is 9.98. The number of nitrogens with one attached hydrogen (secondary N) is 2. The van der Waals surface area contributed by atoms with Crippen LogP contribution in [0.2, 0.25) is 0 Å². The molecule has 0 aliphatic carbocycles. The molecule has 7 heteroatoms. The Morgan fingerprint density at radius 1 is 0.886 bits per heavy atom. The summed E-state index contributed by atoms with van der Waals surface area (Å²) in [4.78, 5) is 26.1. The highest BCUT2D eigenvalue weighted by atomic mass is 16.2. The van der Waals surface area contributed by atoms with Crippen LogP contribution in [-0.2, 0) is 4.79 Å². The van der Waals surface area contributed by atoms with Gasteiger partial charge in [-0.05, 0) is 48.2 Å². The fourth-order valence-corrected chi connectivity index (χ4v) is 3.68. The summed E-state index contributed by atoms with van der Waals surface area (Å²) in [5.74, 6) is 1.13. The first-order chi connectivity index (χ1) is 17.0. The van der Waals surface area contributed by atoms with Gasteiger partial charge in [-0.1, -0.05) is 49.4 Å². The number of nitriles is 1. The molecule has 0 radical (unpaired) electrons. The van der Waals surface area contributed by atoms with Crippen LogP contribution in [0.3, 0.4) is 0 Å². The minimum absolute atomic E-state index is 0.149. The maximum atomic E-state index is 13.3. The van der Waals surface area contributed by atoms with E-state index in [9.17, 15) is 4.79 Å². The Labute approximate surface area is 204 Å². The van der Waals surface area contributed by atoms with Gasteiger partial charge in [0.05, 0.1) is 11.6 Å². The van der Waals surface area contributed by atoms with Crippen molar-refractivity contribution in [3.8, 4) is 17.2 Å². The van der Waals surface area contributed by atoms with E-state index in [0.717, 1.165) is 22.3 Å². The van der Waals surface area contributed by atoms with Crippen LogP contribution in [0.1, 0.15) is 41.4 Å². The molecular weight excluding hydrogens is 436 g/mol. The second-order valence-electron chi connectivity index (χ2n) is 8.33. The molecule has 0 aliphatic heterocycles. The Hall–Kier alpha value is -4.41. The predicted octanol–water partition coefficient (Wildman–Crippen LogP) is 4.79. The quantitative estimate of drug-likeness (QED) is 0.390. The van der Waals surface area contributed by atoms with Crippen LogP contribution >= 0.6 is 0 Å². The van der Waals surface area contributed by atoms with E-state index in [1.807, 2.05) is 67.6 Å². The van der Waals surface area contributed by atoms with Gasteiger partial charge < -0.3 is 10.6 Å². The van der Waals surface area contributed by atoms with Crippen molar-refractivity contribution in [2.45, 2.75) is 25.8 Å². The number of hydrogen-bond acceptors (Lipinski definition) is 6. The van der Waals surface area contributed by atoms with Gasteiger partial charge in [-0.25, -0.2) is 15.0 Å². The van der Waals surface area contributed by atoms with Crippen LogP contribution in [-0.4, -0.2) is 27.4 Å². The molecule has 174 valence electrons. The summed E-state index contributed by atoms with van der Waals surface area (Å²) in [7, 11) is 0. The van der Waals surface area contributed by atoms with E-state index in [1.54, 1.807) is 24.7 Å². The predicted molar refractivity (Wildman–Crippen MR) is 135 cm³/mol. The molecule has 0 saturated heterocycles. The number of hydrogen-bond donors (Lipinski definition) is 2. The molecule has 0 spiro atoms. The molecule has 0 saturated carbocycles. The van der Waals surface area contributed by atoms with E-state index >= 15 is 0 Å². The summed E-state index contributed by atoms with van der Waals surface area (Å²) < 4.78 is 0. The largest absolute Gasteiger partial charge is 0.309 e. The van der Waals surface area contributed by atoms with E-state index in [-0.39, 0.29) is 11.8 Å². The van der Waals surface area contributed by atoms with Gasteiger partial charge in [0.2, 0.25) is 5.91 Å². The number of rotatable bonds is 8. The number of pyridine rings is 1. The van der Waals surface area contributed by atoms with E-state index in [1.165, 1.54) is 0 Å². The smallest absolute Gasteiger partial charge is 0.247 e. The van der Waals surface area contributed by atoms with Crippen molar-refractivity contribution in [2.75, 3.05) is 11.9 Å². The Bertz CT molecular complexity index is 1300. The van der Waals surface area contributed by atoms with Gasteiger partial charge in [0, 0.05) is 36.3 Å². The van der Waals surface area contributed by atoms with Crippen LogP contribution in [0, 0.1) is 18.3 Å². The van der Waals surface area contributed by atoms with Crippen LogP contribution in [0.4, 0.5) is 5.82 Å². The molecule has 1 amide bonds. The Morgan fingerprint density at radius 2 is 1.57 bits per heavy atom. The second kappa shape index (κ2) is 11.1. The summed E-state index contributed by atoms with van der Waals surface area (Å²) in [6.07, 6.45) is 5.20. The van der Waals surface area contributed by atoms with Gasteiger partial charge in [0.15, 0.2) is 0 Å². The minimum Gasteiger partial charge on any atom is -0.309 e. The third-order valence-corrected chi connectivity index (χ3v) is 5.76. The zero-order valence-corrected chi connectivity index (χ0v) is 19.6. The number of anilines is 1. The first-order valence-electron chi connectivity index (χ1n) is 11.4. The van der Waals surface area contributed by atoms with Crippen molar-refractivity contribution >= 4 is 11.7 Å². The van der Waals surface area contributed by atoms with Gasteiger partial charge in [-0.15, -0.1) is 0 Å². The van der Waals surface area contributed by atoms with Gasteiger partial charge in [0.25, 0.3) is 0 Å². The number of aryl methyl sites for hydroxylation is 1. The van der Waals surface area contributed by atoms with Crippen LogP contribution in [0.5, 0.6) is 0 Å². The molecule has 0 fully saturated rings. The highest BCUT2D eigenvalue weighted by Gasteiger charge is 2.21. The zero-order valence-electron chi connectivity index (χ0n) is 19.6. The van der Waals surface area contributed by atoms with Crippen LogP contribution in [0.15, 0.2) is 85.3 Å². The fourth-order valence-electron chi connectivity index (χ4n) is 3.68. The summed E-state index contributed by atoms with van der Waals surface area (Å²) in [6, 6.07) is 22.4. The zero-order chi connectivity index (χ0) is 24.6. The molecule has 4 rings (SSSR count). The molecule has 4 aromatic rings. The Kier molecular flexibility index (Phi) is 7.56. The maximum Gasteiger partial charge on any atom is 0.247 e. The third kappa shape index (κ3) is 6.14.